The number of methoxy groups -OCH3 is 1. The second-order valence-corrected chi connectivity index (χ2v) is 5.32. The van der Waals surface area contributed by atoms with E-state index in [1.165, 1.54) is 0 Å². The van der Waals surface area contributed by atoms with Crippen LogP contribution in [0.4, 0.5) is 70.2 Å². The largest absolute Gasteiger partial charge is 0.469 e. The average molecular weight is 474 g/mol. The van der Waals surface area contributed by atoms with Crippen LogP contribution in [0.2, 0.25) is 0 Å². The van der Waals surface area contributed by atoms with E-state index in [9.17, 15) is 75.0 Å². The fraction of sp³-hybridized carbons (Fsp3) is 0.909. The van der Waals surface area contributed by atoms with Crippen molar-refractivity contribution in [3.05, 3.63) is 0 Å². The molecule has 0 spiro atoms. The smallest absolute Gasteiger partial charge is 0.460 e. The van der Waals surface area contributed by atoms with E-state index in [1.807, 2.05) is 0 Å². The van der Waals surface area contributed by atoms with E-state index < -0.39 is 60.3 Å². The Morgan fingerprint density at radius 2 is 1.00 bits per heavy atom. The molecule has 0 radical (unpaired) electrons. The first kappa shape index (κ1) is 27.4. The van der Waals surface area contributed by atoms with Gasteiger partial charge < -0.3 is 4.74 Å². The fourth-order valence-corrected chi connectivity index (χ4v) is 1.66. The topological polar surface area (TPSA) is 26.3 Å². The Labute approximate surface area is 148 Å². The Bertz CT molecular complexity index is 601. The number of carbonyl (C=O) groups excluding carboxylic acids is 1. The number of ether oxygens (including phenoxy) is 1. The van der Waals surface area contributed by atoms with Crippen molar-refractivity contribution in [3.8, 4) is 0 Å². The number of halogens is 16. The zero-order chi connectivity index (χ0) is 24.1. The van der Waals surface area contributed by atoms with Crippen LogP contribution in [0.25, 0.3) is 0 Å². The second kappa shape index (κ2) is 7.24. The first-order chi connectivity index (χ1) is 12.3. The maximum Gasteiger partial charge on any atom is 0.460 e. The van der Waals surface area contributed by atoms with E-state index in [0.29, 0.717) is 0 Å². The summed E-state index contributed by atoms with van der Waals surface area (Å²) in [6.45, 7) is 0. The molecule has 0 saturated carbocycles. The van der Waals surface area contributed by atoms with Crippen molar-refractivity contribution in [2.24, 2.45) is 5.92 Å². The van der Waals surface area contributed by atoms with Crippen molar-refractivity contribution in [1.82, 2.24) is 0 Å². The van der Waals surface area contributed by atoms with E-state index in [1.54, 1.807) is 0 Å². The minimum absolute atomic E-state index is 0.0873. The molecular weight excluding hydrogens is 468 g/mol. The molecule has 1 unspecified atom stereocenters. The second-order valence-electron chi connectivity index (χ2n) is 5.32. The van der Waals surface area contributed by atoms with Gasteiger partial charge in [0.25, 0.3) is 0 Å². The third kappa shape index (κ3) is 4.29. The van der Waals surface area contributed by atoms with Gasteiger partial charge in [0.15, 0.2) is 5.92 Å². The van der Waals surface area contributed by atoms with Crippen molar-refractivity contribution in [2.75, 3.05) is 7.11 Å². The molecule has 0 heterocycles. The maximum atomic E-state index is 13.4. The predicted molar refractivity (Wildman–Crippen MR) is 57.0 cm³/mol. The van der Waals surface area contributed by atoms with Crippen molar-refractivity contribution in [2.45, 2.75) is 48.4 Å². The molecule has 0 N–H and O–H groups in total. The summed E-state index contributed by atoms with van der Waals surface area (Å²) in [4.78, 5) is 10.8. The summed E-state index contributed by atoms with van der Waals surface area (Å²) in [5, 5.41) is 0. The summed E-state index contributed by atoms with van der Waals surface area (Å²) < 4.78 is 207. The number of alkyl halides is 16. The lowest BCUT2D eigenvalue weighted by atomic mass is 9.89. The van der Waals surface area contributed by atoms with Gasteiger partial charge >= 0.3 is 47.9 Å². The van der Waals surface area contributed by atoms with Crippen LogP contribution in [0.15, 0.2) is 0 Å². The molecule has 0 fully saturated rings. The zero-order valence-electron chi connectivity index (χ0n) is 13.1. The first-order valence-electron chi connectivity index (χ1n) is 6.43. The monoisotopic (exact) mass is 474 g/mol. The van der Waals surface area contributed by atoms with E-state index >= 15 is 0 Å². The summed E-state index contributed by atoms with van der Waals surface area (Å²) in [5.74, 6) is -46.6. The highest BCUT2D eigenvalue weighted by Crippen LogP contribution is 2.61. The molecular formula is C11H6F16O2. The fourth-order valence-electron chi connectivity index (χ4n) is 1.66. The minimum atomic E-state index is -8.25. The molecule has 0 aromatic carbocycles. The lowest BCUT2D eigenvalue weighted by Crippen LogP contribution is -2.70. The maximum absolute atomic E-state index is 13.4. The molecule has 0 rings (SSSR count). The Kier molecular flexibility index (Phi) is 6.83. The van der Waals surface area contributed by atoms with Gasteiger partial charge in [-0.1, -0.05) is 0 Å². The number of rotatable bonds is 7. The normalized spacial score (nSPS) is 16.6. The Morgan fingerprint density at radius 1 is 0.655 bits per heavy atom. The number of hydrogen-bond donors (Lipinski definition) is 0. The van der Waals surface area contributed by atoms with E-state index in [4.69, 9.17) is 0 Å². The van der Waals surface area contributed by atoms with E-state index in [2.05, 4.69) is 4.74 Å². The number of carbonyl (C=O) groups is 1. The van der Waals surface area contributed by atoms with Crippen LogP contribution in [-0.2, 0) is 9.53 Å². The molecule has 0 aliphatic heterocycles. The zero-order valence-corrected chi connectivity index (χ0v) is 13.1. The number of esters is 1. The van der Waals surface area contributed by atoms with Crippen LogP contribution in [0.1, 0.15) is 6.42 Å². The van der Waals surface area contributed by atoms with Crippen molar-refractivity contribution in [3.63, 3.8) is 0 Å². The molecule has 0 bridgehead atoms. The molecule has 1 atom stereocenters. The van der Waals surface area contributed by atoms with Crippen molar-refractivity contribution >= 4 is 5.97 Å². The molecule has 0 saturated heterocycles. The van der Waals surface area contributed by atoms with E-state index in [0.717, 1.165) is 0 Å². The van der Waals surface area contributed by atoms with Gasteiger partial charge in [-0.25, -0.2) is 0 Å². The lowest BCUT2D eigenvalue weighted by molar-refractivity contribution is -0.441. The van der Waals surface area contributed by atoms with Crippen molar-refractivity contribution < 1.29 is 79.8 Å². The quantitative estimate of drug-likeness (QED) is 0.362. The first-order valence-corrected chi connectivity index (χ1v) is 6.43. The highest BCUT2D eigenvalue weighted by Gasteiger charge is 2.90. The third-order valence-electron chi connectivity index (χ3n) is 3.34. The van der Waals surface area contributed by atoms with Gasteiger partial charge in [-0.3, -0.25) is 4.79 Å². The SMILES string of the molecule is COC(=O)C(CC(F)(F)C(F)(F)C(F)(F)C(F)(F)C(F)(F)C(F)(F)F)C(F)(F)F. The lowest BCUT2D eigenvalue weighted by Gasteiger charge is -2.40. The minimum Gasteiger partial charge on any atom is -0.469 e. The van der Waals surface area contributed by atoms with Gasteiger partial charge in [-0.2, -0.15) is 70.2 Å². The Morgan fingerprint density at radius 3 is 1.28 bits per heavy atom. The molecule has 0 amide bonds. The molecule has 29 heavy (non-hydrogen) atoms. The summed E-state index contributed by atoms with van der Waals surface area (Å²) in [6.07, 6.45) is -17.6. The molecule has 0 aliphatic carbocycles. The molecule has 0 aromatic rings. The summed E-state index contributed by atoms with van der Waals surface area (Å²) in [7, 11) is 0.0873. The molecule has 0 aliphatic rings. The van der Waals surface area contributed by atoms with Crippen LogP contribution < -0.4 is 0 Å². The molecule has 0 aromatic heterocycles. The Hall–Kier alpha value is -1.65. The van der Waals surface area contributed by atoms with Crippen LogP contribution in [0.3, 0.4) is 0 Å². The van der Waals surface area contributed by atoms with E-state index in [-0.39, 0.29) is 7.11 Å². The van der Waals surface area contributed by atoms with Gasteiger partial charge in [0.2, 0.25) is 0 Å². The molecule has 18 heteroatoms. The molecule has 2 nitrogen and oxygen atoms in total. The predicted octanol–water partition coefficient (Wildman–Crippen LogP) is 5.47. The number of hydrogen-bond acceptors (Lipinski definition) is 2. The van der Waals surface area contributed by atoms with Gasteiger partial charge in [0.05, 0.1) is 7.11 Å². The van der Waals surface area contributed by atoms with Gasteiger partial charge in [0, 0.05) is 6.42 Å². The summed E-state index contributed by atoms with van der Waals surface area (Å²) in [5.41, 5.74) is 0. The van der Waals surface area contributed by atoms with Crippen molar-refractivity contribution in [1.29, 1.82) is 0 Å². The highest BCUT2D eigenvalue weighted by atomic mass is 19.4. The Balaban J connectivity index is 6.39. The van der Waals surface area contributed by atoms with Crippen LogP contribution >= 0.6 is 0 Å². The van der Waals surface area contributed by atoms with Crippen LogP contribution in [0.5, 0.6) is 0 Å². The highest BCUT2D eigenvalue weighted by molar-refractivity contribution is 5.73. The van der Waals surface area contributed by atoms with Crippen LogP contribution in [0, 0.1) is 5.92 Å². The van der Waals surface area contributed by atoms with Gasteiger partial charge in [-0.15, -0.1) is 0 Å². The van der Waals surface area contributed by atoms with Crippen LogP contribution in [-0.4, -0.2) is 55.0 Å². The summed E-state index contributed by atoms with van der Waals surface area (Å²) >= 11 is 0. The average Bonchev–Trinajstić information content (AvgIpc) is 2.48. The third-order valence-corrected chi connectivity index (χ3v) is 3.34. The molecule has 174 valence electrons. The van der Waals surface area contributed by atoms with Gasteiger partial charge in [0.1, 0.15) is 0 Å². The summed E-state index contributed by atoms with van der Waals surface area (Å²) in [6, 6.07) is 0. The standard InChI is InChI=1S/C11H6F16O2/c1-29-4(28)3(6(14,15)16)2-5(12,13)7(17,18)8(19,20)9(21,22)10(23,24)11(25,26)27/h3H,2H2,1H3. The van der Waals surface area contributed by atoms with Gasteiger partial charge in [-0.05, 0) is 0 Å².